The summed E-state index contributed by atoms with van der Waals surface area (Å²) in [5.41, 5.74) is 0.516. The molecule has 0 unspecified atom stereocenters. The molecule has 15 heteroatoms. The molecular formula is C21H22F4N8O3. The number of fused-ring (bicyclic) bond motifs is 1. The lowest BCUT2D eigenvalue weighted by atomic mass is 10.0. The number of nitrogens with one attached hydrogen (secondary N) is 3. The highest BCUT2D eigenvalue weighted by atomic mass is 19.4. The molecule has 0 radical (unpaired) electrons. The number of aromatic nitrogens is 5. The van der Waals surface area contributed by atoms with Gasteiger partial charge in [0, 0.05) is 29.9 Å². The van der Waals surface area contributed by atoms with E-state index >= 15 is 4.39 Å². The summed E-state index contributed by atoms with van der Waals surface area (Å²) < 4.78 is 62.5. The third-order valence-electron chi connectivity index (χ3n) is 5.45. The summed E-state index contributed by atoms with van der Waals surface area (Å²) in [5, 5.41) is 21.6. The number of alkyl carbamates (subject to hydrolysis) is 1. The summed E-state index contributed by atoms with van der Waals surface area (Å²) in [6.07, 6.45) is -4.62. The van der Waals surface area contributed by atoms with Crippen LogP contribution < -0.4 is 10.6 Å². The number of carbonyl (C=O) groups excluding carboxylic acids is 1. The number of rotatable bonds is 7. The van der Waals surface area contributed by atoms with Crippen LogP contribution in [0.15, 0.2) is 18.5 Å². The fourth-order valence-electron chi connectivity index (χ4n) is 3.91. The number of ether oxygens (including phenoxy) is 2. The second-order valence-corrected chi connectivity index (χ2v) is 8.47. The third kappa shape index (κ3) is 5.65. The minimum Gasteiger partial charge on any atom is -0.443 e. The molecule has 3 atom stereocenters. The zero-order valence-electron chi connectivity index (χ0n) is 19.1. The van der Waals surface area contributed by atoms with Crippen molar-refractivity contribution in [3.63, 3.8) is 0 Å². The second kappa shape index (κ2) is 9.97. The van der Waals surface area contributed by atoms with Crippen LogP contribution in [0.1, 0.15) is 49.6 Å². The van der Waals surface area contributed by atoms with Gasteiger partial charge in [-0.2, -0.15) is 10.4 Å². The maximum absolute atomic E-state index is 15.0. The number of nitriles is 1. The minimum absolute atomic E-state index is 0.0419. The monoisotopic (exact) mass is 510 g/mol. The van der Waals surface area contributed by atoms with Crippen LogP contribution in [0.5, 0.6) is 0 Å². The molecule has 1 saturated carbocycles. The second-order valence-electron chi connectivity index (χ2n) is 8.47. The normalized spacial score (nSPS) is 20.0. The molecule has 0 spiro atoms. The van der Waals surface area contributed by atoms with Crippen molar-refractivity contribution < 1.29 is 31.8 Å². The van der Waals surface area contributed by atoms with Crippen molar-refractivity contribution in [3.05, 3.63) is 35.4 Å². The molecule has 1 fully saturated rings. The summed E-state index contributed by atoms with van der Waals surface area (Å²) in [6, 6.07) is 3.30. The first kappa shape index (κ1) is 25.2. The van der Waals surface area contributed by atoms with Gasteiger partial charge in [0.1, 0.15) is 23.9 Å². The van der Waals surface area contributed by atoms with Gasteiger partial charge in [-0.15, -0.1) is 13.2 Å². The predicted octanol–water partition coefficient (Wildman–Crippen LogP) is 3.82. The standard InChI is InChI=1S/C21H22F4N8O3/c1-10(2)28-20(34)36-15-4-3-13(17(15)22)14-5-16(32-31-14)30-19-27-7-11(6-26)18-29-12(8-33(18)19)9-35-21(23,24)25/h5,7-8,10,13,15,17H,3-4,9H2,1-2H3,(H,28,34)(H2,27,30,31,32)/t13-,15-,17+/m1/s1. The van der Waals surface area contributed by atoms with Crippen LogP contribution in [0, 0.1) is 11.3 Å². The SMILES string of the molecule is CC(C)NC(=O)O[C@@H]1CC[C@H](c2cc(Nc3ncc(C#N)c4nc(COC(F)(F)F)cn34)n[nH]2)[C@@H]1F. The van der Waals surface area contributed by atoms with Crippen molar-refractivity contribution in [1.29, 1.82) is 5.26 Å². The minimum atomic E-state index is -4.84. The Balaban J connectivity index is 1.49. The molecule has 1 amide bonds. The molecule has 4 rings (SSSR count). The van der Waals surface area contributed by atoms with Crippen LogP contribution in [0.25, 0.3) is 5.65 Å². The maximum Gasteiger partial charge on any atom is 0.522 e. The molecule has 0 aliphatic heterocycles. The Bertz CT molecular complexity index is 1280. The number of H-pyrrole nitrogens is 1. The molecule has 3 aromatic heterocycles. The Kier molecular flexibility index (Phi) is 6.97. The molecule has 3 N–H and O–H groups in total. The van der Waals surface area contributed by atoms with Gasteiger partial charge in [0.2, 0.25) is 5.95 Å². The number of hydrogen-bond acceptors (Lipinski definition) is 8. The van der Waals surface area contributed by atoms with E-state index in [-0.39, 0.29) is 34.7 Å². The molecule has 1 aliphatic carbocycles. The molecule has 3 heterocycles. The zero-order valence-corrected chi connectivity index (χ0v) is 19.1. The largest absolute Gasteiger partial charge is 0.522 e. The van der Waals surface area contributed by atoms with Gasteiger partial charge in [0.05, 0.1) is 18.5 Å². The molecule has 11 nitrogen and oxygen atoms in total. The third-order valence-corrected chi connectivity index (χ3v) is 5.45. The molecular weight excluding hydrogens is 488 g/mol. The van der Waals surface area contributed by atoms with Crippen LogP contribution in [-0.4, -0.2) is 55.3 Å². The van der Waals surface area contributed by atoms with Crippen LogP contribution in [0.2, 0.25) is 0 Å². The molecule has 1 aliphatic rings. The summed E-state index contributed by atoms with van der Waals surface area (Å²) >= 11 is 0. The van der Waals surface area contributed by atoms with Crippen LogP contribution in [-0.2, 0) is 16.1 Å². The summed E-state index contributed by atoms with van der Waals surface area (Å²) in [6.45, 7) is 2.68. The van der Waals surface area contributed by atoms with E-state index in [2.05, 4.69) is 35.5 Å². The highest BCUT2D eigenvalue weighted by Gasteiger charge is 2.41. The van der Waals surface area contributed by atoms with Crippen LogP contribution in [0.4, 0.5) is 34.1 Å². The molecule has 0 saturated heterocycles. The average molecular weight is 510 g/mol. The Morgan fingerprint density at radius 1 is 1.39 bits per heavy atom. The van der Waals surface area contributed by atoms with Gasteiger partial charge in [-0.1, -0.05) is 0 Å². The number of halogens is 4. The first-order valence-electron chi connectivity index (χ1n) is 11.0. The van der Waals surface area contributed by atoms with Crippen molar-refractivity contribution >= 4 is 23.5 Å². The number of carbonyl (C=O) groups is 1. The number of imidazole rings is 1. The van der Waals surface area contributed by atoms with Gasteiger partial charge in [0.15, 0.2) is 11.5 Å². The average Bonchev–Trinajstić information content (AvgIpc) is 3.51. The summed E-state index contributed by atoms with van der Waals surface area (Å²) in [7, 11) is 0. The van der Waals surface area contributed by atoms with Crippen molar-refractivity contribution in [1.82, 2.24) is 29.9 Å². The van der Waals surface area contributed by atoms with Gasteiger partial charge in [-0.3, -0.25) is 14.2 Å². The lowest BCUT2D eigenvalue weighted by Gasteiger charge is -2.18. The van der Waals surface area contributed by atoms with Crippen molar-refractivity contribution in [2.45, 2.75) is 63.9 Å². The fraction of sp³-hybridized carbons (Fsp3) is 0.476. The Morgan fingerprint density at radius 2 is 2.17 bits per heavy atom. The van der Waals surface area contributed by atoms with Crippen LogP contribution >= 0.6 is 0 Å². The maximum atomic E-state index is 15.0. The summed E-state index contributed by atoms with van der Waals surface area (Å²) in [5.74, 6) is -0.222. The first-order chi connectivity index (χ1) is 17.0. The fourth-order valence-corrected chi connectivity index (χ4v) is 3.91. The number of alkyl halides is 4. The van der Waals surface area contributed by atoms with E-state index in [1.807, 2.05) is 6.07 Å². The topological polar surface area (TPSA) is 142 Å². The predicted molar refractivity (Wildman–Crippen MR) is 116 cm³/mol. The van der Waals surface area contributed by atoms with E-state index in [4.69, 9.17) is 4.74 Å². The Labute approximate surface area is 201 Å². The van der Waals surface area contributed by atoms with Crippen molar-refractivity contribution in [2.75, 3.05) is 5.32 Å². The van der Waals surface area contributed by atoms with Gasteiger partial charge < -0.3 is 15.4 Å². The van der Waals surface area contributed by atoms with E-state index in [1.54, 1.807) is 19.9 Å². The Hall–Kier alpha value is -3.93. The molecule has 3 aromatic rings. The quantitative estimate of drug-likeness (QED) is 0.407. The van der Waals surface area contributed by atoms with Gasteiger partial charge >= 0.3 is 12.5 Å². The molecule has 0 aromatic carbocycles. The van der Waals surface area contributed by atoms with E-state index in [0.717, 1.165) is 0 Å². The number of hydrogen-bond donors (Lipinski definition) is 3. The number of anilines is 2. The van der Waals surface area contributed by atoms with E-state index in [9.17, 15) is 23.2 Å². The van der Waals surface area contributed by atoms with E-state index < -0.39 is 37.3 Å². The number of amides is 1. The van der Waals surface area contributed by atoms with Gasteiger partial charge in [-0.25, -0.2) is 19.2 Å². The number of nitrogens with zero attached hydrogens (tertiary/aromatic N) is 5. The molecule has 36 heavy (non-hydrogen) atoms. The highest BCUT2D eigenvalue weighted by Crippen LogP contribution is 2.38. The molecule has 0 bridgehead atoms. The first-order valence-corrected chi connectivity index (χ1v) is 11.0. The highest BCUT2D eigenvalue weighted by molar-refractivity contribution is 5.67. The van der Waals surface area contributed by atoms with Crippen molar-refractivity contribution in [2.24, 2.45) is 0 Å². The van der Waals surface area contributed by atoms with Gasteiger partial charge in [-0.05, 0) is 26.7 Å². The lowest BCUT2D eigenvalue weighted by Crippen LogP contribution is -2.36. The zero-order chi connectivity index (χ0) is 26.0. The number of aromatic amines is 1. The summed E-state index contributed by atoms with van der Waals surface area (Å²) in [4.78, 5) is 20.0. The van der Waals surface area contributed by atoms with E-state index in [0.29, 0.717) is 18.5 Å². The van der Waals surface area contributed by atoms with Crippen molar-refractivity contribution in [3.8, 4) is 6.07 Å². The smallest absolute Gasteiger partial charge is 0.443 e. The Morgan fingerprint density at radius 3 is 2.86 bits per heavy atom. The molecule has 192 valence electrons. The van der Waals surface area contributed by atoms with E-state index in [1.165, 1.54) is 16.8 Å². The van der Waals surface area contributed by atoms with Crippen LogP contribution in [0.3, 0.4) is 0 Å². The van der Waals surface area contributed by atoms with Gasteiger partial charge in [0.25, 0.3) is 0 Å². The lowest BCUT2D eigenvalue weighted by molar-refractivity contribution is -0.330.